The number of aromatic nitrogens is 2. The molecule has 1 heterocycles. The number of aryl methyl sites for hydroxylation is 2. The van der Waals surface area contributed by atoms with Gasteiger partial charge in [0, 0.05) is 30.2 Å². The van der Waals surface area contributed by atoms with Crippen molar-refractivity contribution in [3.8, 4) is 5.69 Å². The molecule has 3 aromatic rings. The van der Waals surface area contributed by atoms with Gasteiger partial charge in [0.15, 0.2) is 5.16 Å². The van der Waals surface area contributed by atoms with E-state index in [0.717, 1.165) is 22.0 Å². The van der Waals surface area contributed by atoms with Gasteiger partial charge in [0.1, 0.15) is 0 Å². The number of hydrogen-bond acceptors (Lipinski definition) is 5. The summed E-state index contributed by atoms with van der Waals surface area (Å²) in [4.78, 5) is 26.7. The fourth-order valence-corrected chi connectivity index (χ4v) is 3.32. The topological polar surface area (TPSA) is 90.1 Å². The molecular weight excluding hydrogens is 364 g/mol. The monoisotopic (exact) mass is 382 g/mol. The predicted molar refractivity (Wildman–Crippen MR) is 105 cm³/mol. The third kappa shape index (κ3) is 4.53. The number of nitrogens with one attached hydrogen (secondary N) is 1. The van der Waals surface area contributed by atoms with Crippen LogP contribution in [-0.4, -0.2) is 26.1 Å². The second-order valence-corrected chi connectivity index (χ2v) is 6.95. The van der Waals surface area contributed by atoms with Crippen molar-refractivity contribution in [2.45, 2.75) is 19.0 Å². The maximum absolute atomic E-state index is 12.2. The lowest BCUT2D eigenvalue weighted by Gasteiger charge is -2.11. The van der Waals surface area contributed by atoms with Gasteiger partial charge < -0.3 is 5.32 Å². The van der Waals surface area contributed by atoms with Crippen LogP contribution < -0.4 is 5.32 Å². The molecule has 0 aliphatic rings. The first-order chi connectivity index (χ1) is 12.9. The minimum Gasteiger partial charge on any atom is -0.325 e. The molecule has 0 saturated carbocycles. The van der Waals surface area contributed by atoms with Crippen LogP contribution in [0.5, 0.6) is 0 Å². The lowest BCUT2D eigenvalue weighted by Crippen LogP contribution is -2.14. The van der Waals surface area contributed by atoms with Gasteiger partial charge in [-0.05, 0) is 43.2 Å². The van der Waals surface area contributed by atoms with Crippen molar-refractivity contribution in [1.29, 1.82) is 0 Å². The molecule has 1 amide bonds. The lowest BCUT2D eigenvalue weighted by molar-refractivity contribution is -0.384. The number of nitrogens with zero attached hydrogens (tertiary/aromatic N) is 3. The predicted octanol–water partition coefficient (Wildman–Crippen LogP) is 4.13. The molecule has 1 N–H and O–H groups in total. The molecule has 27 heavy (non-hydrogen) atoms. The molecule has 0 aliphatic carbocycles. The first kappa shape index (κ1) is 18.7. The van der Waals surface area contributed by atoms with E-state index in [9.17, 15) is 14.9 Å². The minimum atomic E-state index is -0.478. The fourth-order valence-electron chi connectivity index (χ4n) is 2.55. The molecule has 0 radical (unpaired) electrons. The molecule has 0 unspecified atom stereocenters. The fraction of sp³-hybridized carbons (Fsp3) is 0.158. The molecule has 0 fully saturated rings. The highest BCUT2D eigenvalue weighted by molar-refractivity contribution is 7.99. The number of nitro benzene ring substituents is 1. The van der Waals surface area contributed by atoms with E-state index in [0.29, 0.717) is 5.69 Å². The largest absolute Gasteiger partial charge is 0.325 e. The van der Waals surface area contributed by atoms with Gasteiger partial charge in [-0.3, -0.25) is 19.5 Å². The number of non-ortho nitro benzene ring substituents is 1. The zero-order valence-electron chi connectivity index (χ0n) is 14.9. The second kappa shape index (κ2) is 8.05. The summed E-state index contributed by atoms with van der Waals surface area (Å²) in [7, 11) is 0. The summed E-state index contributed by atoms with van der Waals surface area (Å²) in [5, 5.41) is 14.1. The van der Waals surface area contributed by atoms with Gasteiger partial charge in [0.2, 0.25) is 5.91 Å². The Morgan fingerprint density at radius 1 is 1.22 bits per heavy atom. The van der Waals surface area contributed by atoms with Crippen LogP contribution in [0.1, 0.15) is 11.1 Å². The van der Waals surface area contributed by atoms with Crippen LogP contribution in [0.4, 0.5) is 11.4 Å². The number of imidazole rings is 1. The Labute approximate surface area is 160 Å². The summed E-state index contributed by atoms with van der Waals surface area (Å²) in [5.74, 6) is -0.0249. The Morgan fingerprint density at radius 2 is 1.96 bits per heavy atom. The first-order valence-electron chi connectivity index (χ1n) is 8.22. The average Bonchev–Trinajstić information content (AvgIpc) is 3.11. The molecule has 2 aromatic carbocycles. The number of carbonyl (C=O) groups is 1. The van der Waals surface area contributed by atoms with Gasteiger partial charge in [0.25, 0.3) is 5.69 Å². The summed E-state index contributed by atoms with van der Waals surface area (Å²) < 4.78 is 1.96. The smallest absolute Gasteiger partial charge is 0.269 e. The highest BCUT2D eigenvalue weighted by Gasteiger charge is 2.12. The summed E-state index contributed by atoms with van der Waals surface area (Å²) >= 11 is 1.33. The van der Waals surface area contributed by atoms with Crippen LogP contribution in [0, 0.1) is 24.0 Å². The maximum Gasteiger partial charge on any atom is 0.269 e. The molecule has 7 nitrogen and oxygen atoms in total. The summed E-state index contributed by atoms with van der Waals surface area (Å²) in [6.45, 7) is 4.06. The number of anilines is 1. The van der Waals surface area contributed by atoms with Gasteiger partial charge in [-0.2, -0.15) is 0 Å². The standard InChI is InChI=1S/C19H18N4O3S/c1-13-3-4-14(2)17(11-13)22-10-9-20-19(22)27-12-18(24)21-15-5-7-16(8-6-15)23(25)26/h3-11H,12H2,1-2H3,(H,21,24). The first-order valence-corrected chi connectivity index (χ1v) is 9.20. The molecular formula is C19H18N4O3S. The molecule has 0 atom stereocenters. The Morgan fingerprint density at radius 3 is 2.67 bits per heavy atom. The van der Waals surface area contributed by atoms with E-state index in [4.69, 9.17) is 0 Å². The highest BCUT2D eigenvalue weighted by atomic mass is 32.2. The van der Waals surface area contributed by atoms with Crippen molar-refractivity contribution in [2.24, 2.45) is 0 Å². The van der Waals surface area contributed by atoms with Crippen LogP contribution in [0.25, 0.3) is 5.69 Å². The number of amides is 1. The summed E-state index contributed by atoms with van der Waals surface area (Å²) in [6.07, 6.45) is 3.58. The minimum absolute atomic E-state index is 0.0158. The average molecular weight is 382 g/mol. The molecule has 0 saturated heterocycles. The maximum atomic E-state index is 12.2. The third-order valence-corrected chi connectivity index (χ3v) is 4.89. The Bertz CT molecular complexity index is 983. The van der Waals surface area contributed by atoms with Crippen LogP contribution in [-0.2, 0) is 4.79 Å². The van der Waals surface area contributed by atoms with E-state index in [2.05, 4.69) is 28.5 Å². The van der Waals surface area contributed by atoms with Crippen molar-refractivity contribution in [3.05, 3.63) is 76.1 Å². The number of hydrogen-bond donors (Lipinski definition) is 1. The quantitative estimate of drug-likeness (QED) is 0.393. The van der Waals surface area contributed by atoms with E-state index < -0.39 is 4.92 Å². The Hall–Kier alpha value is -3.13. The summed E-state index contributed by atoms with van der Waals surface area (Å²) in [5.41, 5.74) is 3.81. The molecule has 3 rings (SSSR count). The molecule has 1 aromatic heterocycles. The number of carbonyl (C=O) groups excluding carboxylic acids is 1. The normalized spacial score (nSPS) is 10.6. The van der Waals surface area contributed by atoms with E-state index in [1.54, 1.807) is 6.20 Å². The van der Waals surface area contributed by atoms with Gasteiger partial charge in [0.05, 0.1) is 16.4 Å². The third-order valence-electron chi connectivity index (χ3n) is 3.93. The van der Waals surface area contributed by atoms with Gasteiger partial charge in [-0.15, -0.1) is 0 Å². The second-order valence-electron chi connectivity index (χ2n) is 6.01. The zero-order chi connectivity index (χ0) is 19.4. The van der Waals surface area contributed by atoms with Crippen molar-refractivity contribution < 1.29 is 9.72 Å². The lowest BCUT2D eigenvalue weighted by atomic mass is 10.1. The van der Waals surface area contributed by atoms with Gasteiger partial charge >= 0.3 is 0 Å². The number of thioether (sulfide) groups is 1. The number of rotatable bonds is 6. The Kier molecular flexibility index (Phi) is 5.56. The zero-order valence-corrected chi connectivity index (χ0v) is 15.7. The van der Waals surface area contributed by atoms with E-state index in [1.165, 1.54) is 36.0 Å². The SMILES string of the molecule is Cc1ccc(C)c(-n2ccnc2SCC(=O)Nc2ccc([N+](=O)[O-])cc2)c1. The van der Waals surface area contributed by atoms with Crippen molar-refractivity contribution >= 4 is 29.0 Å². The molecule has 0 bridgehead atoms. The van der Waals surface area contributed by atoms with Crippen molar-refractivity contribution in [2.75, 3.05) is 11.1 Å². The summed E-state index contributed by atoms with van der Waals surface area (Å²) in [6, 6.07) is 11.9. The van der Waals surface area contributed by atoms with Gasteiger partial charge in [-0.25, -0.2) is 4.98 Å². The number of nitro groups is 1. The molecule has 138 valence electrons. The van der Waals surface area contributed by atoms with Crippen molar-refractivity contribution in [3.63, 3.8) is 0 Å². The molecule has 0 aliphatic heterocycles. The van der Waals surface area contributed by atoms with Crippen LogP contribution in [0.3, 0.4) is 0 Å². The molecule has 0 spiro atoms. The van der Waals surface area contributed by atoms with Crippen molar-refractivity contribution in [1.82, 2.24) is 9.55 Å². The highest BCUT2D eigenvalue weighted by Crippen LogP contribution is 2.24. The van der Waals surface area contributed by atoms with Crippen LogP contribution in [0.15, 0.2) is 60.0 Å². The number of benzene rings is 2. The van der Waals surface area contributed by atoms with Gasteiger partial charge in [-0.1, -0.05) is 23.9 Å². The van der Waals surface area contributed by atoms with Crippen LogP contribution in [0.2, 0.25) is 0 Å². The van der Waals surface area contributed by atoms with E-state index >= 15 is 0 Å². The van der Waals surface area contributed by atoms with E-state index in [1.807, 2.05) is 24.6 Å². The Balaban J connectivity index is 1.65. The molecule has 8 heteroatoms. The van der Waals surface area contributed by atoms with Crippen LogP contribution >= 0.6 is 11.8 Å². The van der Waals surface area contributed by atoms with E-state index in [-0.39, 0.29) is 17.3 Å².